The maximum atomic E-state index is 12.7. The molecule has 0 aliphatic heterocycles. The van der Waals surface area contributed by atoms with Gasteiger partial charge in [-0.05, 0) is 36.5 Å². The Morgan fingerprint density at radius 1 is 0.923 bits per heavy atom. The smallest absolute Gasteiger partial charge is 0.249 e. The van der Waals surface area contributed by atoms with Gasteiger partial charge in [0.15, 0.2) is 0 Å². The van der Waals surface area contributed by atoms with Crippen molar-refractivity contribution in [2.45, 2.75) is 50.5 Å². The van der Waals surface area contributed by atoms with Crippen LogP contribution in [0.3, 0.4) is 0 Å². The van der Waals surface area contributed by atoms with Crippen LogP contribution in [0.2, 0.25) is 0 Å². The van der Waals surface area contributed by atoms with Gasteiger partial charge in [-0.3, -0.25) is 0 Å². The fourth-order valence-electron chi connectivity index (χ4n) is 4.18. The summed E-state index contributed by atoms with van der Waals surface area (Å²) in [7, 11) is 0. The van der Waals surface area contributed by atoms with E-state index in [-0.39, 0.29) is 18.3 Å². The number of hydrogen-bond donors (Lipinski definition) is 1. The molecule has 0 radical (unpaired) electrons. The molecule has 3 rings (SSSR count). The standard InChI is InChI=1S/C10H15F2N/c11-10(12)5-9(6-10)3-8(4-9)1-7(13)2-8/h7H,1-6,13H2. The second-order valence-corrected chi connectivity index (χ2v) is 5.73. The van der Waals surface area contributed by atoms with Crippen LogP contribution in [-0.2, 0) is 0 Å². The van der Waals surface area contributed by atoms with E-state index in [0.29, 0.717) is 11.5 Å². The summed E-state index contributed by atoms with van der Waals surface area (Å²) in [4.78, 5) is 0. The largest absolute Gasteiger partial charge is 0.328 e. The Balaban J connectivity index is 1.59. The molecule has 0 unspecified atom stereocenters. The Hall–Kier alpha value is -0.180. The quantitative estimate of drug-likeness (QED) is 0.618. The number of alkyl halides is 2. The van der Waals surface area contributed by atoms with E-state index in [2.05, 4.69) is 0 Å². The fraction of sp³-hybridized carbons (Fsp3) is 1.00. The highest BCUT2D eigenvalue weighted by molar-refractivity contribution is 5.16. The van der Waals surface area contributed by atoms with Gasteiger partial charge >= 0.3 is 0 Å². The van der Waals surface area contributed by atoms with E-state index in [4.69, 9.17) is 5.73 Å². The van der Waals surface area contributed by atoms with Crippen LogP contribution in [0.1, 0.15) is 38.5 Å². The number of rotatable bonds is 0. The number of nitrogens with two attached hydrogens (primary N) is 1. The molecule has 0 aromatic heterocycles. The lowest BCUT2D eigenvalue weighted by Gasteiger charge is -2.68. The van der Waals surface area contributed by atoms with Gasteiger partial charge in [-0.25, -0.2) is 8.78 Å². The third kappa shape index (κ3) is 0.997. The third-order valence-electron chi connectivity index (χ3n) is 4.16. The van der Waals surface area contributed by atoms with Gasteiger partial charge < -0.3 is 5.73 Å². The zero-order valence-corrected chi connectivity index (χ0v) is 7.65. The summed E-state index contributed by atoms with van der Waals surface area (Å²) in [6.45, 7) is 0. The molecule has 0 atom stereocenters. The van der Waals surface area contributed by atoms with Gasteiger partial charge in [0.25, 0.3) is 0 Å². The van der Waals surface area contributed by atoms with Gasteiger partial charge in [-0.1, -0.05) is 0 Å². The van der Waals surface area contributed by atoms with Crippen molar-refractivity contribution < 1.29 is 8.78 Å². The molecule has 0 amide bonds. The van der Waals surface area contributed by atoms with Crippen LogP contribution in [0.25, 0.3) is 0 Å². The summed E-state index contributed by atoms with van der Waals surface area (Å²) in [5, 5.41) is 0. The zero-order valence-electron chi connectivity index (χ0n) is 7.65. The molecule has 0 saturated heterocycles. The second kappa shape index (κ2) is 1.92. The van der Waals surface area contributed by atoms with Crippen molar-refractivity contribution in [2.75, 3.05) is 0 Å². The Bertz CT molecular complexity index is 238. The minimum atomic E-state index is -2.34. The zero-order chi connectivity index (χ0) is 9.32. The molecule has 3 fully saturated rings. The summed E-state index contributed by atoms with van der Waals surface area (Å²) < 4.78 is 25.4. The van der Waals surface area contributed by atoms with Gasteiger partial charge in [0, 0.05) is 18.9 Å². The van der Waals surface area contributed by atoms with Gasteiger partial charge in [0.2, 0.25) is 5.92 Å². The molecule has 0 bridgehead atoms. The molecular formula is C10H15F2N. The van der Waals surface area contributed by atoms with Gasteiger partial charge in [-0.2, -0.15) is 0 Å². The van der Waals surface area contributed by atoms with Crippen molar-refractivity contribution in [1.29, 1.82) is 0 Å². The first-order chi connectivity index (χ1) is 5.93. The minimum absolute atomic E-state index is 0.0453. The van der Waals surface area contributed by atoms with E-state index in [1.165, 1.54) is 0 Å². The van der Waals surface area contributed by atoms with Crippen molar-refractivity contribution in [3.8, 4) is 0 Å². The lowest BCUT2D eigenvalue weighted by molar-refractivity contribution is -0.248. The van der Waals surface area contributed by atoms with Crippen LogP contribution in [0.4, 0.5) is 8.78 Å². The SMILES string of the molecule is NC1CC2(C1)CC1(CC(F)(F)C1)C2. The van der Waals surface area contributed by atoms with E-state index >= 15 is 0 Å². The maximum Gasteiger partial charge on any atom is 0.249 e. The van der Waals surface area contributed by atoms with Crippen LogP contribution in [-0.4, -0.2) is 12.0 Å². The Morgan fingerprint density at radius 3 is 1.85 bits per heavy atom. The monoisotopic (exact) mass is 187 g/mol. The summed E-state index contributed by atoms with van der Waals surface area (Å²) in [5.41, 5.74) is 6.17. The predicted octanol–water partition coefficient (Wildman–Crippen LogP) is 2.30. The first-order valence-corrected chi connectivity index (χ1v) is 5.06. The summed E-state index contributed by atoms with van der Waals surface area (Å²) in [5.74, 6) is -2.34. The minimum Gasteiger partial charge on any atom is -0.328 e. The highest BCUT2D eigenvalue weighted by atomic mass is 19.3. The molecule has 1 nitrogen and oxygen atoms in total. The summed E-state index contributed by atoms with van der Waals surface area (Å²) in [6, 6.07) is 0.359. The predicted molar refractivity (Wildman–Crippen MR) is 45.5 cm³/mol. The molecule has 0 heterocycles. The molecular weight excluding hydrogens is 172 g/mol. The van der Waals surface area contributed by atoms with E-state index in [1.807, 2.05) is 0 Å². The number of hydrogen-bond acceptors (Lipinski definition) is 1. The van der Waals surface area contributed by atoms with Crippen LogP contribution < -0.4 is 5.73 Å². The van der Waals surface area contributed by atoms with Gasteiger partial charge in [0.05, 0.1) is 0 Å². The Kier molecular flexibility index (Phi) is 1.21. The molecule has 0 aromatic rings. The molecule has 3 aliphatic rings. The van der Waals surface area contributed by atoms with Crippen LogP contribution in [0.15, 0.2) is 0 Å². The first kappa shape index (κ1) is 8.16. The summed E-state index contributed by atoms with van der Waals surface area (Å²) in [6.07, 6.45) is 4.53. The average Bonchev–Trinajstić information content (AvgIpc) is 1.75. The van der Waals surface area contributed by atoms with E-state index in [9.17, 15) is 8.78 Å². The lowest BCUT2D eigenvalue weighted by atomic mass is 9.38. The van der Waals surface area contributed by atoms with Crippen LogP contribution in [0.5, 0.6) is 0 Å². The van der Waals surface area contributed by atoms with Crippen molar-refractivity contribution in [3.05, 3.63) is 0 Å². The highest BCUT2D eigenvalue weighted by Crippen LogP contribution is 2.73. The topological polar surface area (TPSA) is 26.0 Å². The molecule has 3 heteroatoms. The fourth-order valence-corrected chi connectivity index (χ4v) is 4.18. The van der Waals surface area contributed by atoms with E-state index < -0.39 is 5.92 Å². The van der Waals surface area contributed by atoms with Gasteiger partial charge in [-0.15, -0.1) is 0 Å². The molecule has 74 valence electrons. The Labute approximate surface area is 76.7 Å². The van der Waals surface area contributed by atoms with Crippen molar-refractivity contribution in [3.63, 3.8) is 0 Å². The van der Waals surface area contributed by atoms with Crippen molar-refractivity contribution in [1.82, 2.24) is 0 Å². The summed E-state index contributed by atoms with van der Waals surface area (Å²) >= 11 is 0. The van der Waals surface area contributed by atoms with Crippen molar-refractivity contribution >= 4 is 0 Å². The average molecular weight is 187 g/mol. The normalized spacial score (nSPS) is 38.1. The van der Waals surface area contributed by atoms with Gasteiger partial charge in [0.1, 0.15) is 0 Å². The van der Waals surface area contributed by atoms with E-state index in [1.54, 1.807) is 0 Å². The Morgan fingerprint density at radius 2 is 1.46 bits per heavy atom. The first-order valence-electron chi connectivity index (χ1n) is 5.06. The molecule has 3 aliphatic carbocycles. The van der Waals surface area contributed by atoms with Crippen LogP contribution in [0, 0.1) is 10.8 Å². The highest BCUT2D eigenvalue weighted by Gasteiger charge is 2.68. The van der Waals surface area contributed by atoms with E-state index in [0.717, 1.165) is 25.7 Å². The van der Waals surface area contributed by atoms with Crippen molar-refractivity contribution in [2.24, 2.45) is 16.6 Å². The number of halogens is 2. The molecule has 3 saturated carbocycles. The third-order valence-corrected chi connectivity index (χ3v) is 4.16. The molecule has 2 N–H and O–H groups in total. The lowest BCUT2D eigenvalue weighted by Crippen LogP contribution is -2.64. The maximum absolute atomic E-state index is 12.7. The van der Waals surface area contributed by atoms with Crippen LogP contribution >= 0.6 is 0 Å². The molecule has 2 spiro atoms. The molecule has 13 heavy (non-hydrogen) atoms. The molecule has 0 aromatic carbocycles. The second-order valence-electron chi connectivity index (χ2n) is 5.73.